The van der Waals surface area contributed by atoms with Crippen molar-refractivity contribution in [1.82, 2.24) is 4.90 Å². The predicted molar refractivity (Wildman–Crippen MR) is 107 cm³/mol. The Kier molecular flexibility index (Phi) is 4.86. The summed E-state index contributed by atoms with van der Waals surface area (Å²) in [6, 6.07) is 15.4. The van der Waals surface area contributed by atoms with Gasteiger partial charge in [-0.15, -0.1) is 0 Å². The van der Waals surface area contributed by atoms with Crippen LogP contribution in [0.15, 0.2) is 48.5 Å². The van der Waals surface area contributed by atoms with Gasteiger partial charge in [-0.1, -0.05) is 30.3 Å². The van der Waals surface area contributed by atoms with Crippen molar-refractivity contribution in [3.05, 3.63) is 59.7 Å². The van der Waals surface area contributed by atoms with Crippen LogP contribution in [0, 0.1) is 5.92 Å². The Morgan fingerprint density at radius 2 is 1.86 bits per heavy atom. The van der Waals surface area contributed by atoms with E-state index in [9.17, 15) is 14.4 Å². The number of hydrogen-bond donors (Lipinski definition) is 1. The first-order valence-corrected chi connectivity index (χ1v) is 9.55. The first kappa shape index (κ1) is 18.2. The highest BCUT2D eigenvalue weighted by Crippen LogP contribution is 2.29. The zero-order valence-electron chi connectivity index (χ0n) is 15.9. The van der Waals surface area contributed by atoms with Gasteiger partial charge in [-0.25, -0.2) is 0 Å². The predicted octanol–water partition coefficient (Wildman–Crippen LogP) is 2.58. The quantitative estimate of drug-likeness (QED) is 0.894. The molecule has 0 radical (unpaired) electrons. The highest BCUT2D eigenvalue weighted by atomic mass is 16.2. The lowest BCUT2D eigenvalue weighted by Gasteiger charge is -2.30. The lowest BCUT2D eigenvalue weighted by Crippen LogP contribution is -2.40. The maximum absolute atomic E-state index is 13.0. The minimum absolute atomic E-state index is 0.0448. The van der Waals surface area contributed by atoms with E-state index in [1.54, 1.807) is 23.1 Å². The van der Waals surface area contributed by atoms with Gasteiger partial charge in [0.1, 0.15) is 0 Å². The van der Waals surface area contributed by atoms with Gasteiger partial charge in [0.25, 0.3) is 0 Å². The molecule has 2 heterocycles. The molecule has 0 bridgehead atoms. The van der Waals surface area contributed by atoms with Crippen LogP contribution >= 0.6 is 0 Å². The fourth-order valence-electron chi connectivity index (χ4n) is 4.02. The maximum atomic E-state index is 13.0. The van der Waals surface area contributed by atoms with Crippen LogP contribution in [0.5, 0.6) is 0 Å². The highest BCUT2D eigenvalue weighted by Gasteiger charge is 2.37. The van der Waals surface area contributed by atoms with Crippen molar-refractivity contribution in [3.8, 4) is 0 Å². The SMILES string of the molecule is CC(=O)Nc1cccc(N2CC(C(=O)N3CCc4ccccc4C3)CC2=O)c1. The first-order valence-electron chi connectivity index (χ1n) is 9.55. The second-order valence-corrected chi connectivity index (χ2v) is 7.42. The number of carbonyl (C=O) groups excluding carboxylic acids is 3. The summed E-state index contributed by atoms with van der Waals surface area (Å²) in [7, 11) is 0. The molecule has 3 amide bonds. The third-order valence-corrected chi connectivity index (χ3v) is 5.39. The van der Waals surface area contributed by atoms with Crippen molar-refractivity contribution in [2.24, 2.45) is 5.92 Å². The summed E-state index contributed by atoms with van der Waals surface area (Å²) in [4.78, 5) is 40.4. The number of nitrogens with one attached hydrogen (secondary N) is 1. The number of hydrogen-bond acceptors (Lipinski definition) is 3. The monoisotopic (exact) mass is 377 g/mol. The van der Waals surface area contributed by atoms with E-state index < -0.39 is 0 Å². The summed E-state index contributed by atoms with van der Waals surface area (Å²) in [6.07, 6.45) is 1.08. The molecule has 2 aromatic carbocycles. The Morgan fingerprint density at radius 3 is 2.64 bits per heavy atom. The van der Waals surface area contributed by atoms with E-state index in [0.717, 1.165) is 6.42 Å². The summed E-state index contributed by atoms with van der Waals surface area (Å²) in [5.41, 5.74) is 3.83. The smallest absolute Gasteiger partial charge is 0.228 e. The van der Waals surface area contributed by atoms with Gasteiger partial charge in [-0.05, 0) is 35.7 Å². The van der Waals surface area contributed by atoms with Crippen LogP contribution in [0.2, 0.25) is 0 Å². The number of benzene rings is 2. The lowest BCUT2D eigenvalue weighted by molar-refractivity contribution is -0.136. The Balaban J connectivity index is 1.46. The van der Waals surface area contributed by atoms with E-state index in [0.29, 0.717) is 31.0 Å². The van der Waals surface area contributed by atoms with Crippen LogP contribution in [-0.4, -0.2) is 35.7 Å². The number of anilines is 2. The Morgan fingerprint density at radius 1 is 1.07 bits per heavy atom. The summed E-state index contributed by atoms with van der Waals surface area (Å²) in [5.74, 6) is -0.510. The summed E-state index contributed by atoms with van der Waals surface area (Å²) < 4.78 is 0. The highest BCUT2D eigenvalue weighted by molar-refractivity contribution is 6.01. The summed E-state index contributed by atoms with van der Waals surface area (Å²) >= 11 is 0. The zero-order chi connectivity index (χ0) is 19.7. The Hall–Kier alpha value is -3.15. The molecule has 1 atom stereocenters. The minimum Gasteiger partial charge on any atom is -0.338 e. The van der Waals surface area contributed by atoms with Gasteiger partial charge in [0.15, 0.2) is 0 Å². The average molecular weight is 377 g/mol. The molecule has 28 heavy (non-hydrogen) atoms. The van der Waals surface area contributed by atoms with E-state index in [2.05, 4.69) is 17.4 Å². The molecule has 0 aromatic heterocycles. The molecule has 0 saturated carbocycles. The lowest BCUT2D eigenvalue weighted by atomic mass is 9.98. The number of amides is 3. The molecule has 2 aromatic rings. The van der Waals surface area contributed by atoms with Crippen LogP contribution < -0.4 is 10.2 Å². The topological polar surface area (TPSA) is 69.7 Å². The van der Waals surface area contributed by atoms with Crippen molar-refractivity contribution in [2.45, 2.75) is 26.3 Å². The van der Waals surface area contributed by atoms with E-state index in [4.69, 9.17) is 0 Å². The molecular weight excluding hydrogens is 354 g/mol. The van der Waals surface area contributed by atoms with E-state index in [-0.39, 0.29) is 30.1 Å². The van der Waals surface area contributed by atoms with Crippen molar-refractivity contribution in [2.75, 3.05) is 23.3 Å². The normalized spacial score (nSPS) is 18.8. The molecular formula is C22H23N3O3. The average Bonchev–Trinajstić information content (AvgIpc) is 3.08. The van der Waals surface area contributed by atoms with Gasteiger partial charge >= 0.3 is 0 Å². The molecule has 0 aliphatic carbocycles. The first-order chi connectivity index (χ1) is 13.5. The molecule has 4 rings (SSSR count). The van der Waals surface area contributed by atoms with Crippen molar-refractivity contribution >= 4 is 29.1 Å². The largest absolute Gasteiger partial charge is 0.338 e. The fraction of sp³-hybridized carbons (Fsp3) is 0.318. The number of nitrogens with zero attached hydrogens (tertiary/aromatic N) is 2. The maximum Gasteiger partial charge on any atom is 0.228 e. The molecule has 144 valence electrons. The van der Waals surface area contributed by atoms with E-state index in [1.165, 1.54) is 18.1 Å². The number of rotatable bonds is 3. The Bertz CT molecular complexity index is 940. The number of fused-ring (bicyclic) bond motifs is 1. The van der Waals surface area contributed by atoms with Gasteiger partial charge in [0.05, 0.1) is 5.92 Å². The van der Waals surface area contributed by atoms with Crippen LogP contribution in [0.1, 0.15) is 24.5 Å². The van der Waals surface area contributed by atoms with Crippen LogP contribution in [0.4, 0.5) is 11.4 Å². The molecule has 1 saturated heterocycles. The molecule has 1 N–H and O–H groups in total. The minimum atomic E-state index is -0.331. The molecule has 1 fully saturated rings. The zero-order valence-corrected chi connectivity index (χ0v) is 15.9. The van der Waals surface area contributed by atoms with Crippen molar-refractivity contribution < 1.29 is 14.4 Å². The number of carbonyl (C=O) groups is 3. The Labute approximate surface area is 164 Å². The van der Waals surface area contributed by atoms with Gasteiger partial charge in [0, 0.05) is 44.4 Å². The van der Waals surface area contributed by atoms with E-state index >= 15 is 0 Å². The third kappa shape index (κ3) is 3.63. The fourth-order valence-corrected chi connectivity index (χ4v) is 4.02. The van der Waals surface area contributed by atoms with Crippen LogP contribution in [0.3, 0.4) is 0 Å². The van der Waals surface area contributed by atoms with Gasteiger partial charge in [-0.2, -0.15) is 0 Å². The van der Waals surface area contributed by atoms with Crippen LogP contribution in [0.25, 0.3) is 0 Å². The van der Waals surface area contributed by atoms with Gasteiger partial charge < -0.3 is 15.1 Å². The van der Waals surface area contributed by atoms with Crippen molar-refractivity contribution in [3.63, 3.8) is 0 Å². The second kappa shape index (κ2) is 7.46. The van der Waals surface area contributed by atoms with Gasteiger partial charge in [0.2, 0.25) is 17.7 Å². The summed E-state index contributed by atoms with van der Waals surface area (Å²) in [6.45, 7) is 3.12. The summed E-state index contributed by atoms with van der Waals surface area (Å²) in [5, 5.41) is 2.73. The molecule has 2 aliphatic heterocycles. The van der Waals surface area contributed by atoms with Gasteiger partial charge in [-0.3, -0.25) is 14.4 Å². The molecule has 6 nitrogen and oxygen atoms in total. The molecule has 0 spiro atoms. The second-order valence-electron chi connectivity index (χ2n) is 7.42. The third-order valence-electron chi connectivity index (χ3n) is 5.39. The van der Waals surface area contributed by atoms with Crippen molar-refractivity contribution in [1.29, 1.82) is 0 Å². The van der Waals surface area contributed by atoms with Crippen LogP contribution in [-0.2, 0) is 27.3 Å². The molecule has 1 unspecified atom stereocenters. The molecule has 6 heteroatoms. The molecule has 2 aliphatic rings. The van der Waals surface area contributed by atoms with E-state index in [1.807, 2.05) is 23.1 Å². The standard InChI is InChI=1S/C22H23N3O3/c1-15(26)23-19-7-4-8-20(12-19)25-14-18(11-21(25)27)22(28)24-10-9-16-5-2-3-6-17(16)13-24/h2-8,12,18H,9-11,13-14H2,1H3,(H,23,26).